The van der Waals surface area contributed by atoms with Crippen molar-refractivity contribution in [3.63, 3.8) is 0 Å². The van der Waals surface area contributed by atoms with Crippen molar-refractivity contribution in [3.05, 3.63) is 0 Å². The van der Waals surface area contributed by atoms with E-state index in [1.807, 2.05) is 0 Å². The van der Waals surface area contributed by atoms with Gasteiger partial charge < -0.3 is 15.2 Å². The zero-order valence-corrected chi connectivity index (χ0v) is 11.1. The first-order valence-corrected chi connectivity index (χ1v) is 7.40. The molecule has 0 radical (unpaired) electrons. The Bertz CT molecular complexity index is 301. The van der Waals surface area contributed by atoms with Gasteiger partial charge in [0, 0.05) is 33.4 Å². The van der Waals surface area contributed by atoms with Crippen LogP contribution < -0.4 is 5.73 Å². The highest BCUT2D eigenvalue weighted by molar-refractivity contribution is 7.89. The molecule has 1 fully saturated rings. The Kier molecular flexibility index (Phi) is 6.35. The summed E-state index contributed by atoms with van der Waals surface area (Å²) in [6.45, 7) is 2.74. The highest BCUT2D eigenvalue weighted by Crippen LogP contribution is 2.18. The lowest BCUT2D eigenvalue weighted by atomic mass is 10.2. The Hall–Kier alpha value is -0.210. The first kappa shape index (κ1) is 14.8. The molecule has 0 amide bonds. The molecule has 0 spiro atoms. The van der Waals surface area contributed by atoms with Crippen molar-refractivity contribution in [1.29, 1.82) is 0 Å². The topological polar surface area (TPSA) is 81.9 Å². The molecule has 7 heteroatoms. The third-order valence-electron chi connectivity index (χ3n) is 2.84. The first-order chi connectivity index (χ1) is 8.09. The summed E-state index contributed by atoms with van der Waals surface area (Å²) >= 11 is 0. The lowest BCUT2D eigenvalue weighted by Crippen LogP contribution is -2.40. The number of likely N-dealkylation sites (N-methyl/N-ethyl adjacent to an activating group) is 1. The smallest absolute Gasteiger partial charge is 0.216 e. The third-order valence-corrected chi connectivity index (χ3v) is 5.20. The summed E-state index contributed by atoms with van der Waals surface area (Å²) in [6, 6.07) is 0. The van der Waals surface area contributed by atoms with Gasteiger partial charge in [-0.2, -0.15) is 0 Å². The molecule has 102 valence electrons. The lowest BCUT2D eigenvalue weighted by molar-refractivity contribution is 0.0966. The summed E-state index contributed by atoms with van der Waals surface area (Å²) in [4.78, 5) is 0. The minimum Gasteiger partial charge on any atom is -0.381 e. The standard InChI is InChI=1S/C10H22N2O4S/c1-12(5-9-16-8-4-11)17(13,14)10-2-6-15-7-3-10/h10H,2-9,11H2,1H3. The molecule has 17 heavy (non-hydrogen) atoms. The van der Waals surface area contributed by atoms with Gasteiger partial charge in [-0.3, -0.25) is 0 Å². The van der Waals surface area contributed by atoms with Gasteiger partial charge in [-0.15, -0.1) is 0 Å². The average Bonchev–Trinajstić information content (AvgIpc) is 2.35. The molecule has 2 N–H and O–H groups in total. The number of sulfonamides is 1. The summed E-state index contributed by atoms with van der Waals surface area (Å²) in [6.07, 6.45) is 1.16. The fourth-order valence-corrected chi connectivity index (χ4v) is 3.36. The van der Waals surface area contributed by atoms with E-state index in [1.54, 1.807) is 7.05 Å². The Morgan fingerprint density at radius 2 is 2.00 bits per heavy atom. The molecule has 1 aliphatic heterocycles. The molecule has 0 aromatic carbocycles. The minimum atomic E-state index is -3.21. The van der Waals surface area contributed by atoms with Gasteiger partial charge >= 0.3 is 0 Å². The van der Waals surface area contributed by atoms with Crippen LogP contribution in [0.5, 0.6) is 0 Å². The molecule has 0 bridgehead atoms. The monoisotopic (exact) mass is 266 g/mol. The van der Waals surface area contributed by atoms with Crippen molar-refractivity contribution in [2.24, 2.45) is 5.73 Å². The lowest BCUT2D eigenvalue weighted by Gasteiger charge is -2.27. The van der Waals surface area contributed by atoms with Crippen LogP contribution in [0.2, 0.25) is 0 Å². The van der Waals surface area contributed by atoms with E-state index in [4.69, 9.17) is 15.2 Å². The average molecular weight is 266 g/mol. The molecule has 6 nitrogen and oxygen atoms in total. The predicted molar refractivity (Wildman–Crippen MR) is 65.3 cm³/mol. The highest BCUT2D eigenvalue weighted by atomic mass is 32.2. The third kappa shape index (κ3) is 4.51. The molecule has 0 atom stereocenters. The second-order valence-electron chi connectivity index (χ2n) is 4.08. The summed E-state index contributed by atoms with van der Waals surface area (Å²) in [5.74, 6) is 0. The molecule has 0 aliphatic carbocycles. The van der Waals surface area contributed by atoms with Crippen LogP contribution in [-0.4, -0.2) is 64.5 Å². The highest BCUT2D eigenvalue weighted by Gasteiger charge is 2.30. The molecular weight excluding hydrogens is 244 g/mol. The Labute approximate surface area is 103 Å². The predicted octanol–water partition coefficient (Wildman–Crippen LogP) is -0.598. The normalized spacial score (nSPS) is 18.8. The second-order valence-corrected chi connectivity index (χ2v) is 6.40. The SMILES string of the molecule is CN(CCOCCN)S(=O)(=O)C1CCOCC1. The number of ether oxygens (including phenoxy) is 2. The minimum absolute atomic E-state index is 0.309. The molecule has 1 aliphatic rings. The number of hydrogen-bond donors (Lipinski definition) is 1. The summed E-state index contributed by atoms with van der Waals surface area (Å²) in [5, 5.41) is -0.309. The van der Waals surface area contributed by atoms with Gasteiger partial charge in [-0.25, -0.2) is 12.7 Å². The van der Waals surface area contributed by atoms with Gasteiger partial charge in [-0.1, -0.05) is 0 Å². The summed E-state index contributed by atoms with van der Waals surface area (Å²) in [5.41, 5.74) is 5.28. The number of nitrogens with two attached hydrogens (primary N) is 1. The number of hydrogen-bond acceptors (Lipinski definition) is 5. The van der Waals surface area contributed by atoms with E-state index in [2.05, 4.69) is 0 Å². The van der Waals surface area contributed by atoms with Crippen LogP contribution >= 0.6 is 0 Å². The van der Waals surface area contributed by atoms with Gasteiger partial charge in [-0.05, 0) is 12.8 Å². The number of rotatable bonds is 7. The van der Waals surface area contributed by atoms with Crippen molar-refractivity contribution in [1.82, 2.24) is 4.31 Å². The van der Waals surface area contributed by atoms with Crippen molar-refractivity contribution in [2.45, 2.75) is 18.1 Å². The molecule has 1 heterocycles. The molecule has 0 saturated carbocycles. The largest absolute Gasteiger partial charge is 0.381 e. The van der Waals surface area contributed by atoms with Gasteiger partial charge in [0.2, 0.25) is 10.0 Å². The molecule has 0 aromatic heterocycles. The number of nitrogens with zero attached hydrogens (tertiary/aromatic N) is 1. The van der Waals surface area contributed by atoms with Crippen LogP contribution in [0.4, 0.5) is 0 Å². The van der Waals surface area contributed by atoms with Crippen LogP contribution in [0.15, 0.2) is 0 Å². The van der Waals surface area contributed by atoms with Crippen LogP contribution in [0.1, 0.15) is 12.8 Å². The maximum Gasteiger partial charge on any atom is 0.216 e. The van der Waals surface area contributed by atoms with Gasteiger partial charge in [0.25, 0.3) is 0 Å². The van der Waals surface area contributed by atoms with E-state index in [0.29, 0.717) is 52.4 Å². The van der Waals surface area contributed by atoms with Crippen molar-refractivity contribution < 1.29 is 17.9 Å². The zero-order valence-electron chi connectivity index (χ0n) is 10.3. The fourth-order valence-electron chi connectivity index (χ4n) is 1.73. The van der Waals surface area contributed by atoms with E-state index in [9.17, 15) is 8.42 Å². The van der Waals surface area contributed by atoms with E-state index in [1.165, 1.54) is 4.31 Å². The van der Waals surface area contributed by atoms with E-state index in [0.717, 1.165) is 0 Å². The summed E-state index contributed by atoms with van der Waals surface area (Å²) in [7, 11) is -1.61. The van der Waals surface area contributed by atoms with Crippen molar-refractivity contribution >= 4 is 10.0 Å². The molecule has 1 saturated heterocycles. The van der Waals surface area contributed by atoms with Crippen LogP contribution in [0, 0.1) is 0 Å². The Morgan fingerprint density at radius 1 is 1.35 bits per heavy atom. The van der Waals surface area contributed by atoms with Crippen LogP contribution in [-0.2, 0) is 19.5 Å². The second kappa shape index (κ2) is 7.27. The first-order valence-electron chi connectivity index (χ1n) is 5.89. The van der Waals surface area contributed by atoms with Crippen LogP contribution in [0.25, 0.3) is 0 Å². The van der Waals surface area contributed by atoms with Crippen LogP contribution in [0.3, 0.4) is 0 Å². The van der Waals surface area contributed by atoms with Crippen molar-refractivity contribution in [3.8, 4) is 0 Å². The van der Waals surface area contributed by atoms with Gasteiger partial charge in [0.1, 0.15) is 0 Å². The molecule has 0 unspecified atom stereocenters. The van der Waals surface area contributed by atoms with Gasteiger partial charge in [0.15, 0.2) is 0 Å². The molecule has 1 rings (SSSR count). The molecule has 0 aromatic rings. The van der Waals surface area contributed by atoms with Gasteiger partial charge in [0.05, 0.1) is 18.5 Å². The zero-order chi connectivity index (χ0) is 12.7. The van der Waals surface area contributed by atoms with Crippen molar-refractivity contribution in [2.75, 3.05) is 46.6 Å². The van der Waals surface area contributed by atoms with E-state index in [-0.39, 0.29) is 5.25 Å². The fraction of sp³-hybridized carbons (Fsp3) is 1.00. The molecular formula is C10H22N2O4S. The van der Waals surface area contributed by atoms with E-state index < -0.39 is 10.0 Å². The maximum atomic E-state index is 12.1. The Balaban J connectivity index is 2.39. The maximum absolute atomic E-state index is 12.1. The van der Waals surface area contributed by atoms with E-state index >= 15 is 0 Å². The quantitative estimate of drug-likeness (QED) is 0.622. The summed E-state index contributed by atoms with van der Waals surface area (Å²) < 4.78 is 36.0. The Morgan fingerprint density at radius 3 is 2.59 bits per heavy atom.